The van der Waals surface area contributed by atoms with E-state index in [1.807, 2.05) is 0 Å². The van der Waals surface area contributed by atoms with Gasteiger partial charge in [-0.1, -0.05) is 24.3 Å². The smallest absolute Gasteiger partial charge is 0.247 e. The molecule has 1 aromatic heterocycles. The number of hydrogen-bond donors (Lipinski definition) is 11. The molecular formula is C45H60FN11O12. The van der Waals surface area contributed by atoms with Gasteiger partial charge < -0.3 is 72.7 Å². The molecule has 3 heterocycles. The highest BCUT2D eigenvalue weighted by Gasteiger charge is 2.46. The Morgan fingerprint density at radius 1 is 0.971 bits per heavy atom. The van der Waals surface area contributed by atoms with E-state index in [4.69, 9.17) is 15.2 Å². The Bertz CT molecular complexity index is 2380. The van der Waals surface area contributed by atoms with E-state index in [9.17, 15) is 47.9 Å². The summed E-state index contributed by atoms with van der Waals surface area (Å²) in [7, 11) is 2.73. The number of nitrogens with zero attached hydrogens (tertiary/aromatic N) is 1. The lowest BCUT2D eigenvalue weighted by molar-refractivity contribution is -0.146. The van der Waals surface area contributed by atoms with E-state index in [1.165, 1.54) is 52.4 Å². The molecule has 2 aliphatic rings. The largest absolute Gasteiger partial charge is 0.391 e. The van der Waals surface area contributed by atoms with Crippen molar-refractivity contribution in [3.8, 4) is 0 Å². The van der Waals surface area contributed by atoms with Crippen molar-refractivity contribution in [2.45, 2.75) is 101 Å². The van der Waals surface area contributed by atoms with Crippen LogP contribution in [0.4, 0.5) is 4.39 Å². The Morgan fingerprint density at radius 2 is 1.71 bits per heavy atom. The number of ether oxygens (including phenoxy) is 2. The van der Waals surface area contributed by atoms with Crippen LogP contribution in [-0.2, 0) is 72.0 Å². The predicted octanol–water partition coefficient (Wildman–Crippen LogP) is -3.26. The molecule has 9 amide bonds. The van der Waals surface area contributed by atoms with E-state index in [0.717, 1.165) is 4.90 Å². The van der Waals surface area contributed by atoms with Crippen molar-refractivity contribution in [2.24, 2.45) is 5.73 Å². The summed E-state index contributed by atoms with van der Waals surface area (Å²) in [6.45, 7) is 1.23. The van der Waals surface area contributed by atoms with Gasteiger partial charge in [-0.25, -0.2) is 4.39 Å². The third kappa shape index (κ3) is 14.5. The number of nitrogens with two attached hydrogens (primary N) is 1. The van der Waals surface area contributed by atoms with Gasteiger partial charge in [0.15, 0.2) is 0 Å². The van der Waals surface area contributed by atoms with Gasteiger partial charge in [-0.3, -0.25) is 43.2 Å². The molecule has 4 bridgehead atoms. The average Bonchev–Trinajstić information content (AvgIpc) is 3.94. The number of halogens is 1. The zero-order valence-electron chi connectivity index (χ0n) is 38.6. The van der Waals surface area contributed by atoms with Crippen molar-refractivity contribution in [2.75, 3.05) is 40.6 Å². The fraction of sp³-hybridized carbons (Fsp3) is 0.489. The second kappa shape index (κ2) is 24.8. The second-order valence-electron chi connectivity index (χ2n) is 16.7. The average molecular weight is 966 g/mol. The first-order chi connectivity index (χ1) is 32.9. The van der Waals surface area contributed by atoms with Crippen molar-refractivity contribution >= 4 is 64.1 Å². The van der Waals surface area contributed by atoms with Crippen LogP contribution >= 0.6 is 0 Å². The van der Waals surface area contributed by atoms with Crippen LogP contribution in [0.2, 0.25) is 0 Å². The van der Waals surface area contributed by atoms with Gasteiger partial charge in [0, 0.05) is 76.6 Å². The molecule has 69 heavy (non-hydrogen) atoms. The molecule has 374 valence electrons. The van der Waals surface area contributed by atoms with Gasteiger partial charge in [-0.15, -0.1) is 0 Å². The highest BCUT2D eigenvalue weighted by atomic mass is 19.1. The van der Waals surface area contributed by atoms with Crippen molar-refractivity contribution in [3.63, 3.8) is 0 Å². The third-order valence-electron chi connectivity index (χ3n) is 11.6. The van der Waals surface area contributed by atoms with E-state index >= 15 is 4.79 Å². The molecule has 8 atom stereocenters. The van der Waals surface area contributed by atoms with Crippen LogP contribution in [-0.4, -0.2) is 157 Å². The lowest BCUT2D eigenvalue weighted by Gasteiger charge is -2.32. The van der Waals surface area contributed by atoms with Gasteiger partial charge >= 0.3 is 0 Å². The van der Waals surface area contributed by atoms with Gasteiger partial charge in [-0.05, 0) is 55.2 Å². The third-order valence-corrected chi connectivity index (χ3v) is 11.6. The van der Waals surface area contributed by atoms with Crippen LogP contribution in [0.3, 0.4) is 0 Å². The maximum Gasteiger partial charge on any atom is 0.247 e. The molecule has 2 aliphatic heterocycles. The Labute approximate surface area is 396 Å². The van der Waals surface area contributed by atoms with E-state index in [1.54, 1.807) is 24.3 Å². The van der Waals surface area contributed by atoms with E-state index in [2.05, 4.69) is 47.5 Å². The maximum absolute atomic E-state index is 15.0. The Balaban J connectivity index is 1.51. The first-order valence-corrected chi connectivity index (χ1v) is 22.3. The standard InChI is InChI=1S/C45H60FN11O12/c1-23(52-36(60)11-10-35(59)48-3)40(62)55-33(18-47)42(64)53-31-15-25-6-5-7-26(14-25)19-50-37(61)21-69-34-12-13-57(39(34)44(66)56-38(24(2)58)43(65)51-22-68-4)45(67)32(54-41(31)63)16-27-20-49-30-9-8-28(46)17-29(27)30/h5-9,14,17,20,23-24,31-34,38-39,49,58H,10-13,15-16,18-19,21-22,47H2,1-4H3,(H,48,59)(H,50,61)(H,51,65)(H,52,60)(H,53,64)(H,54,63)(H,55,62)(H,56,66)/t23-,24+,31?,32-,33+,34-,38-,39-/m0/s1. The van der Waals surface area contributed by atoms with Gasteiger partial charge in [0.2, 0.25) is 53.2 Å². The SMILES string of the molecule is CNC(=O)CCC(=O)N[C@@H](C)C(=O)N[C@H](CN)C(=O)NC1Cc2cccc(c2)CNC(=O)CO[C@H]2CCN(C(=O)[C@H](Cc3c[nH]c4ccc(F)cc34)NC1=O)[C@@H]2C(=O)N[C@H](C(=O)NCOC)[C@@H](C)O. The molecule has 24 heteroatoms. The molecule has 12 N–H and O–H groups in total. The van der Waals surface area contributed by atoms with Crippen molar-refractivity contribution in [1.29, 1.82) is 0 Å². The Hall–Kier alpha value is -7.02. The summed E-state index contributed by atoms with van der Waals surface area (Å²) in [4.78, 5) is 126. The molecular weight excluding hydrogens is 906 g/mol. The van der Waals surface area contributed by atoms with Crippen molar-refractivity contribution < 1.29 is 62.1 Å². The molecule has 0 aliphatic carbocycles. The number of amides is 9. The van der Waals surface area contributed by atoms with Gasteiger partial charge in [0.05, 0.1) is 12.2 Å². The minimum Gasteiger partial charge on any atom is -0.391 e. The Morgan fingerprint density at radius 3 is 2.42 bits per heavy atom. The molecule has 2 aromatic carbocycles. The number of nitrogens with one attached hydrogen (secondary N) is 9. The number of benzene rings is 2. The first-order valence-electron chi connectivity index (χ1n) is 22.3. The number of methoxy groups -OCH3 is 1. The van der Waals surface area contributed by atoms with Crippen LogP contribution < -0.4 is 48.3 Å². The molecule has 23 nitrogen and oxygen atoms in total. The highest BCUT2D eigenvalue weighted by molar-refractivity contribution is 5.98. The van der Waals surface area contributed by atoms with Crippen molar-refractivity contribution in [1.82, 2.24) is 52.4 Å². The molecule has 0 saturated carbocycles. The molecule has 1 unspecified atom stereocenters. The summed E-state index contributed by atoms with van der Waals surface area (Å²) in [6, 6.07) is 2.01. The normalized spacial score (nSPS) is 20.5. The maximum atomic E-state index is 15.0. The number of aliphatic hydroxyl groups is 1. The van der Waals surface area contributed by atoms with E-state index in [-0.39, 0.29) is 57.8 Å². The van der Waals surface area contributed by atoms with Gasteiger partial charge in [0.25, 0.3) is 0 Å². The number of fused-ring (bicyclic) bond motifs is 5. The van der Waals surface area contributed by atoms with Crippen LogP contribution in [0, 0.1) is 5.82 Å². The minimum atomic E-state index is -1.53. The summed E-state index contributed by atoms with van der Waals surface area (Å²) < 4.78 is 25.5. The summed E-state index contributed by atoms with van der Waals surface area (Å²) in [5.74, 6) is -7.33. The number of aromatic amines is 1. The lowest BCUT2D eigenvalue weighted by atomic mass is 10.00. The molecule has 0 spiro atoms. The number of hydrogen-bond acceptors (Lipinski definition) is 13. The number of H-pyrrole nitrogens is 1. The number of carbonyl (C=O) groups excluding carboxylic acids is 9. The van der Waals surface area contributed by atoms with E-state index in [0.29, 0.717) is 27.6 Å². The predicted molar refractivity (Wildman–Crippen MR) is 243 cm³/mol. The topological polar surface area (TPSA) is 334 Å². The number of carbonyl (C=O) groups is 9. The first kappa shape index (κ1) is 52.9. The van der Waals surface area contributed by atoms with Gasteiger partial charge in [0.1, 0.15) is 55.4 Å². The summed E-state index contributed by atoms with van der Waals surface area (Å²) >= 11 is 0. The van der Waals surface area contributed by atoms with Crippen LogP contribution in [0.25, 0.3) is 10.9 Å². The minimum absolute atomic E-state index is 0.000192. The fourth-order valence-electron chi connectivity index (χ4n) is 7.88. The van der Waals surface area contributed by atoms with Crippen LogP contribution in [0.1, 0.15) is 49.8 Å². The summed E-state index contributed by atoms with van der Waals surface area (Å²) in [5, 5.41) is 31.3. The number of aliphatic hydroxyl groups excluding tert-OH is 1. The summed E-state index contributed by atoms with van der Waals surface area (Å²) in [6.07, 6.45) is -1.85. The van der Waals surface area contributed by atoms with Crippen LogP contribution in [0.15, 0.2) is 48.7 Å². The molecule has 1 fully saturated rings. The molecule has 5 rings (SSSR count). The molecule has 1 saturated heterocycles. The summed E-state index contributed by atoms with van der Waals surface area (Å²) in [5.41, 5.74) is 7.94. The number of rotatable bonds is 17. The van der Waals surface area contributed by atoms with E-state index < -0.39 is 115 Å². The second-order valence-corrected chi connectivity index (χ2v) is 16.7. The molecule has 3 aromatic rings. The Kier molecular flexibility index (Phi) is 19.1. The quantitative estimate of drug-likeness (QED) is 0.0593. The van der Waals surface area contributed by atoms with Gasteiger partial charge in [-0.2, -0.15) is 0 Å². The van der Waals surface area contributed by atoms with Crippen molar-refractivity contribution in [3.05, 3.63) is 71.2 Å². The fourth-order valence-corrected chi connectivity index (χ4v) is 7.88. The number of aromatic nitrogens is 1. The monoisotopic (exact) mass is 965 g/mol. The highest BCUT2D eigenvalue weighted by Crippen LogP contribution is 2.26. The van der Waals surface area contributed by atoms with Crippen LogP contribution in [0.5, 0.6) is 0 Å². The molecule has 0 radical (unpaired) electrons. The zero-order valence-corrected chi connectivity index (χ0v) is 38.6. The lowest BCUT2D eigenvalue weighted by Crippen LogP contribution is -2.62. The zero-order chi connectivity index (χ0) is 50.4.